The van der Waals surface area contributed by atoms with Gasteiger partial charge in [-0.25, -0.2) is 8.78 Å². The minimum atomic E-state index is -0.308. The molecule has 1 amide bonds. The van der Waals surface area contributed by atoms with Gasteiger partial charge in [0.15, 0.2) is 0 Å². The third-order valence-corrected chi connectivity index (χ3v) is 4.61. The summed E-state index contributed by atoms with van der Waals surface area (Å²) in [6, 6.07) is 12.6. The molecule has 3 nitrogen and oxygen atoms in total. The molecule has 0 N–H and O–H groups in total. The lowest BCUT2D eigenvalue weighted by molar-refractivity contribution is -0.117. The van der Waals surface area contributed by atoms with Crippen LogP contribution in [0.3, 0.4) is 0 Å². The first-order valence-electron chi connectivity index (χ1n) is 8.31. The second-order valence-corrected chi connectivity index (χ2v) is 6.43. The third-order valence-electron chi connectivity index (χ3n) is 4.61. The summed E-state index contributed by atoms with van der Waals surface area (Å²) >= 11 is 0. The van der Waals surface area contributed by atoms with E-state index in [9.17, 15) is 13.6 Å². The van der Waals surface area contributed by atoms with E-state index in [1.165, 1.54) is 24.3 Å². The first kappa shape index (κ1) is 16.4. The van der Waals surface area contributed by atoms with Gasteiger partial charge < -0.3 is 4.90 Å². The van der Waals surface area contributed by atoms with Gasteiger partial charge in [0.25, 0.3) is 0 Å². The highest BCUT2D eigenvalue weighted by molar-refractivity contribution is 6.01. The quantitative estimate of drug-likeness (QED) is 0.700. The molecule has 0 saturated heterocycles. The average Bonchev–Trinajstić information content (AvgIpc) is 2.92. The van der Waals surface area contributed by atoms with Crippen molar-refractivity contribution in [1.29, 1.82) is 0 Å². The van der Waals surface area contributed by atoms with Crippen LogP contribution in [0.4, 0.5) is 14.5 Å². The predicted octanol–water partition coefficient (Wildman–Crippen LogP) is 4.42. The molecule has 3 aromatic rings. The Morgan fingerprint density at radius 1 is 1.04 bits per heavy atom. The van der Waals surface area contributed by atoms with Crippen molar-refractivity contribution in [3.05, 3.63) is 83.2 Å². The van der Waals surface area contributed by atoms with Crippen LogP contribution in [0, 0.1) is 18.6 Å². The molecule has 0 saturated carbocycles. The summed E-state index contributed by atoms with van der Waals surface area (Å²) in [7, 11) is 0. The number of pyridine rings is 1. The minimum absolute atomic E-state index is 0.0372. The van der Waals surface area contributed by atoms with E-state index in [-0.39, 0.29) is 24.0 Å². The van der Waals surface area contributed by atoms with E-state index in [0.29, 0.717) is 6.54 Å². The van der Waals surface area contributed by atoms with Crippen LogP contribution >= 0.6 is 0 Å². The van der Waals surface area contributed by atoms with Crippen molar-refractivity contribution in [3.63, 3.8) is 0 Å². The summed E-state index contributed by atoms with van der Waals surface area (Å²) < 4.78 is 26.5. The van der Waals surface area contributed by atoms with E-state index in [0.717, 1.165) is 33.6 Å². The fraction of sp³-hybridized carbons (Fsp3) is 0.143. The Bertz CT molecular complexity index is 999. The first-order valence-corrected chi connectivity index (χ1v) is 8.31. The number of amides is 1. The molecule has 0 spiro atoms. The van der Waals surface area contributed by atoms with Gasteiger partial charge in [0.1, 0.15) is 11.6 Å². The van der Waals surface area contributed by atoms with Crippen LogP contribution in [0.2, 0.25) is 0 Å². The number of aryl methyl sites for hydroxylation is 1. The van der Waals surface area contributed by atoms with Gasteiger partial charge in [-0.2, -0.15) is 0 Å². The number of rotatable bonds is 3. The zero-order chi connectivity index (χ0) is 18.3. The molecule has 0 bridgehead atoms. The molecule has 0 atom stereocenters. The lowest BCUT2D eigenvalue weighted by atomic mass is 10.0. The third kappa shape index (κ3) is 2.96. The monoisotopic (exact) mass is 350 g/mol. The molecule has 1 aromatic heterocycles. The first-order chi connectivity index (χ1) is 12.5. The smallest absolute Gasteiger partial charge is 0.233 e. The maximum atomic E-state index is 13.4. The van der Waals surface area contributed by atoms with Gasteiger partial charge in [-0.3, -0.25) is 9.78 Å². The van der Waals surface area contributed by atoms with E-state index in [1.54, 1.807) is 29.3 Å². The number of aromatic nitrogens is 1. The van der Waals surface area contributed by atoms with Gasteiger partial charge in [-0.05, 0) is 53.9 Å². The number of carbonyl (C=O) groups is 1. The Balaban J connectivity index is 1.71. The number of hydrogen-bond donors (Lipinski definition) is 0. The Morgan fingerprint density at radius 2 is 1.77 bits per heavy atom. The second kappa shape index (κ2) is 6.33. The van der Waals surface area contributed by atoms with Crippen LogP contribution in [0.1, 0.15) is 16.8 Å². The van der Waals surface area contributed by atoms with Crippen LogP contribution in [0.25, 0.3) is 11.1 Å². The Morgan fingerprint density at radius 3 is 2.50 bits per heavy atom. The molecule has 0 unspecified atom stereocenters. The van der Waals surface area contributed by atoms with Crippen molar-refractivity contribution in [1.82, 2.24) is 4.98 Å². The summed E-state index contributed by atoms with van der Waals surface area (Å²) in [5.74, 6) is -0.629. The zero-order valence-corrected chi connectivity index (χ0v) is 14.2. The zero-order valence-electron chi connectivity index (χ0n) is 14.2. The number of anilines is 1. The van der Waals surface area contributed by atoms with Crippen LogP contribution in [0.5, 0.6) is 0 Å². The number of benzene rings is 2. The summed E-state index contributed by atoms with van der Waals surface area (Å²) in [5.41, 5.74) is 4.83. The predicted molar refractivity (Wildman–Crippen MR) is 95.7 cm³/mol. The molecule has 2 aromatic carbocycles. The van der Waals surface area contributed by atoms with Crippen LogP contribution in [0.15, 0.2) is 54.7 Å². The van der Waals surface area contributed by atoms with Gasteiger partial charge in [0.05, 0.1) is 24.3 Å². The second-order valence-electron chi connectivity index (χ2n) is 6.43. The average molecular weight is 350 g/mol. The molecule has 26 heavy (non-hydrogen) atoms. The van der Waals surface area contributed by atoms with Crippen molar-refractivity contribution >= 4 is 11.6 Å². The van der Waals surface area contributed by atoms with Crippen molar-refractivity contribution < 1.29 is 13.6 Å². The van der Waals surface area contributed by atoms with Gasteiger partial charge in [0, 0.05) is 11.8 Å². The largest absolute Gasteiger partial charge is 0.306 e. The normalized spacial score (nSPS) is 13.2. The van der Waals surface area contributed by atoms with Crippen molar-refractivity contribution in [2.45, 2.75) is 19.9 Å². The Labute approximate surface area is 149 Å². The highest BCUT2D eigenvalue weighted by Gasteiger charge is 2.29. The SMILES string of the molecule is Cc1cc(F)ccc1-c1cnc2c(c1)N(Cc1ccc(F)cc1)C(=O)C2. The highest BCUT2D eigenvalue weighted by atomic mass is 19.1. The van der Waals surface area contributed by atoms with Gasteiger partial charge in [-0.15, -0.1) is 0 Å². The summed E-state index contributed by atoms with van der Waals surface area (Å²) in [5, 5.41) is 0. The standard InChI is InChI=1S/C21H16F2N2O/c1-13-8-17(23)6-7-18(13)15-9-20-19(24-11-15)10-21(26)25(20)12-14-2-4-16(22)5-3-14/h2-9,11H,10,12H2,1H3. The minimum Gasteiger partial charge on any atom is -0.306 e. The van der Waals surface area contributed by atoms with Crippen LogP contribution in [-0.2, 0) is 17.8 Å². The van der Waals surface area contributed by atoms with E-state index in [1.807, 2.05) is 13.0 Å². The van der Waals surface area contributed by atoms with E-state index < -0.39 is 0 Å². The molecular weight excluding hydrogens is 334 g/mol. The lowest BCUT2D eigenvalue weighted by Gasteiger charge is -2.18. The number of carbonyl (C=O) groups excluding carboxylic acids is 1. The van der Waals surface area contributed by atoms with Crippen LogP contribution < -0.4 is 4.90 Å². The van der Waals surface area contributed by atoms with E-state index in [2.05, 4.69) is 4.98 Å². The summed E-state index contributed by atoms with van der Waals surface area (Å²) in [4.78, 5) is 18.5. The van der Waals surface area contributed by atoms with Gasteiger partial charge in [-0.1, -0.05) is 18.2 Å². The van der Waals surface area contributed by atoms with Crippen molar-refractivity contribution in [2.24, 2.45) is 0 Å². The van der Waals surface area contributed by atoms with Gasteiger partial charge in [0.2, 0.25) is 5.91 Å². The molecule has 0 fully saturated rings. The van der Waals surface area contributed by atoms with Gasteiger partial charge >= 0.3 is 0 Å². The fourth-order valence-corrected chi connectivity index (χ4v) is 3.27. The Kier molecular flexibility index (Phi) is 3.99. The van der Waals surface area contributed by atoms with E-state index in [4.69, 9.17) is 0 Å². The molecule has 0 radical (unpaired) electrons. The summed E-state index contributed by atoms with van der Waals surface area (Å²) in [6.45, 7) is 2.20. The molecule has 130 valence electrons. The van der Waals surface area contributed by atoms with Crippen molar-refractivity contribution in [3.8, 4) is 11.1 Å². The number of hydrogen-bond acceptors (Lipinski definition) is 2. The number of fused-ring (bicyclic) bond motifs is 1. The topological polar surface area (TPSA) is 33.2 Å². The Hall–Kier alpha value is -3.08. The molecule has 5 heteroatoms. The molecular formula is C21H16F2N2O. The highest BCUT2D eigenvalue weighted by Crippen LogP contribution is 2.34. The van der Waals surface area contributed by atoms with E-state index >= 15 is 0 Å². The maximum Gasteiger partial charge on any atom is 0.233 e. The number of nitrogens with zero attached hydrogens (tertiary/aromatic N) is 2. The summed E-state index contributed by atoms with van der Waals surface area (Å²) in [6.07, 6.45) is 1.97. The van der Waals surface area contributed by atoms with Crippen molar-refractivity contribution in [2.75, 3.05) is 4.90 Å². The van der Waals surface area contributed by atoms with Crippen LogP contribution in [-0.4, -0.2) is 10.9 Å². The fourth-order valence-electron chi connectivity index (χ4n) is 3.27. The molecule has 1 aliphatic rings. The number of halogens is 2. The molecule has 2 heterocycles. The molecule has 1 aliphatic heterocycles. The lowest BCUT2D eigenvalue weighted by Crippen LogP contribution is -2.26. The molecule has 0 aliphatic carbocycles. The maximum absolute atomic E-state index is 13.4. The molecule has 4 rings (SSSR count).